The molecule has 4 heterocycles. The standard InChI is InChI=1S/C24H29N7O4/c1-2-35-24(32)17-7-10-29(11-8-17)22-21(31(33)34)23(27-16-26-22)30-14-12-28(13-15-30)20-5-3-4-19-18(20)6-9-25-19/h3-6,9,16-17,25H,2,7-8,10-15H2,1H3. The monoisotopic (exact) mass is 479 g/mol. The Labute approximate surface area is 202 Å². The number of fused-ring (bicyclic) bond motifs is 1. The first-order chi connectivity index (χ1) is 17.1. The van der Waals surface area contributed by atoms with Crippen molar-refractivity contribution in [1.82, 2.24) is 15.0 Å². The van der Waals surface area contributed by atoms with Crippen molar-refractivity contribution in [2.45, 2.75) is 19.8 Å². The summed E-state index contributed by atoms with van der Waals surface area (Å²) in [5, 5.41) is 13.3. The van der Waals surface area contributed by atoms with Gasteiger partial charge in [0.1, 0.15) is 6.33 Å². The number of nitrogens with one attached hydrogen (secondary N) is 1. The van der Waals surface area contributed by atoms with Gasteiger partial charge in [-0.1, -0.05) is 6.07 Å². The number of esters is 1. The SMILES string of the molecule is CCOC(=O)C1CCN(c2ncnc(N3CCN(c4cccc5[nH]ccc45)CC3)c2[N+](=O)[O-])CC1. The van der Waals surface area contributed by atoms with Crippen LogP contribution in [-0.2, 0) is 9.53 Å². The highest BCUT2D eigenvalue weighted by atomic mass is 16.6. The normalized spacial score (nSPS) is 17.1. The van der Waals surface area contributed by atoms with Crippen molar-refractivity contribution in [1.29, 1.82) is 0 Å². The first-order valence-electron chi connectivity index (χ1n) is 12.0. The predicted molar refractivity (Wildman–Crippen MR) is 133 cm³/mol. The highest BCUT2D eigenvalue weighted by Crippen LogP contribution is 2.37. The fraction of sp³-hybridized carbons (Fsp3) is 0.458. The molecule has 0 spiro atoms. The number of carbonyl (C=O) groups excluding carboxylic acids is 1. The molecule has 2 aliphatic rings. The highest BCUT2D eigenvalue weighted by molar-refractivity contribution is 5.92. The number of piperidine rings is 1. The molecular weight excluding hydrogens is 450 g/mol. The number of hydrogen-bond donors (Lipinski definition) is 1. The molecule has 0 aliphatic carbocycles. The van der Waals surface area contributed by atoms with Gasteiger partial charge in [-0.15, -0.1) is 0 Å². The molecule has 11 heteroatoms. The molecule has 0 bridgehead atoms. The fourth-order valence-corrected chi connectivity index (χ4v) is 5.08. The van der Waals surface area contributed by atoms with E-state index in [1.807, 2.05) is 22.1 Å². The zero-order valence-corrected chi connectivity index (χ0v) is 19.7. The molecule has 2 saturated heterocycles. The fourth-order valence-electron chi connectivity index (χ4n) is 5.08. The van der Waals surface area contributed by atoms with Crippen molar-refractivity contribution < 1.29 is 14.5 Å². The number of ether oxygens (including phenoxy) is 1. The van der Waals surface area contributed by atoms with E-state index in [2.05, 4.69) is 38.1 Å². The average Bonchev–Trinajstić information content (AvgIpc) is 3.38. The average molecular weight is 480 g/mol. The minimum absolute atomic E-state index is 0.0664. The van der Waals surface area contributed by atoms with Crippen LogP contribution in [0.15, 0.2) is 36.8 Å². The van der Waals surface area contributed by atoms with Gasteiger partial charge in [0, 0.05) is 62.1 Å². The van der Waals surface area contributed by atoms with Gasteiger partial charge in [0.2, 0.25) is 11.6 Å². The third-order valence-corrected chi connectivity index (χ3v) is 6.87. The number of carbonyl (C=O) groups is 1. The maximum atomic E-state index is 12.2. The summed E-state index contributed by atoms with van der Waals surface area (Å²) < 4.78 is 5.14. The number of hydrogen-bond acceptors (Lipinski definition) is 9. The quantitative estimate of drug-likeness (QED) is 0.323. The van der Waals surface area contributed by atoms with Crippen LogP contribution in [0.25, 0.3) is 10.9 Å². The number of aromatic nitrogens is 3. The highest BCUT2D eigenvalue weighted by Gasteiger charge is 2.34. The third-order valence-electron chi connectivity index (χ3n) is 6.87. The Balaban J connectivity index is 1.32. The largest absolute Gasteiger partial charge is 0.466 e. The summed E-state index contributed by atoms with van der Waals surface area (Å²) in [5.74, 6) is 0.302. The van der Waals surface area contributed by atoms with E-state index in [9.17, 15) is 14.9 Å². The summed E-state index contributed by atoms with van der Waals surface area (Å²) in [6, 6.07) is 8.27. The van der Waals surface area contributed by atoms with Crippen molar-refractivity contribution >= 4 is 39.9 Å². The molecule has 11 nitrogen and oxygen atoms in total. The minimum atomic E-state index is -0.380. The van der Waals surface area contributed by atoms with Crippen LogP contribution in [0, 0.1) is 16.0 Å². The summed E-state index contributed by atoms with van der Waals surface area (Å²) >= 11 is 0. The molecule has 2 aromatic heterocycles. The second kappa shape index (κ2) is 9.77. The lowest BCUT2D eigenvalue weighted by Crippen LogP contribution is -2.47. The van der Waals surface area contributed by atoms with E-state index in [1.165, 1.54) is 11.7 Å². The molecule has 1 N–H and O–H groups in total. The van der Waals surface area contributed by atoms with Crippen LogP contribution in [0.5, 0.6) is 0 Å². The van der Waals surface area contributed by atoms with Crippen molar-refractivity contribution in [2.24, 2.45) is 5.92 Å². The van der Waals surface area contributed by atoms with Gasteiger partial charge in [0.05, 0.1) is 17.4 Å². The number of benzene rings is 1. The van der Waals surface area contributed by atoms with E-state index >= 15 is 0 Å². The molecule has 5 rings (SSSR count). The van der Waals surface area contributed by atoms with Crippen molar-refractivity contribution in [3.8, 4) is 0 Å². The van der Waals surface area contributed by atoms with Crippen molar-refractivity contribution in [3.05, 3.63) is 46.9 Å². The van der Waals surface area contributed by atoms with Crippen LogP contribution < -0.4 is 14.7 Å². The van der Waals surface area contributed by atoms with Crippen molar-refractivity contribution in [2.75, 3.05) is 60.6 Å². The maximum Gasteiger partial charge on any atom is 0.353 e. The number of rotatable bonds is 6. The molecule has 35 heavy (non-hydrogen) atoms. The van der Waals surface area contributed by atoms with Crippen LogP contribution in [0.3, 0.4) is 0 Å². The van der Waals surface area contributed by atoms with Crippen LogP contribution in [0.4, 0.5) is 23.0 Å². The van der Waals surface area contributed by atoms with E-state index < -0.39 is 0 Å². The van der Waals surface area contributed by atoms with E-state index in [1.54, 1.807) is 6.92 Å². The zero-order valence-electron chi connectivity index (χ0n) is 19.7. The lowest BCUT2D eigenvalue weighted by atomic mass is 9.97. The lowest BCUT2D eigenvalue weighted by molar-refractivity contribution is -0.383. The number of piperazine rings is 1. The first kappa shape index (κ1) is 22.9. The number of H-pyrrole nitrogens is 1. The molecule has 0 amide bonds. The van der Waals surface area contributed by atoms with Gasteiger partial charge in [0.15, 0.2) is 0 Å². The van der Waals surface area contributed by atoms with Gasteiger partial charge in [-0.05, 0) is 38.0 Å². The number of nitrogens with zero attached hydrogens (tertiary/aromatic N) is 6. The molecule has 2 aliphatic heterocycles. The van der Waals surface area contributed by atoms with Crippen LogP contribution in [0.1, 0.15) is 19.8 Å². The Kier molecular flexibility index (Phi) is 6.39. The van der Waals surface area contributed by atoms with E-state index in [0.29, 0.717) is 57.3 Å². The summed E-state index contributed by atoms with van der Waals surface area (Å²) in [7, 11) is 0. The maximum absolute atomic E-state index is 12.2. The van der Waals surface area contributed by atoms with E-state index in [0.717, 1.165) is 24.3 Å². The summed E-state index contributed by atoms with van der Waals surface area (Å²) in [6.07, 6.45) is 4.51. The smallest absolute Gasteiger partial charge is 0.353 e. The van der Waals surface area contributed by atoms with E-state index in [4.69, 9.17) is 4.74 Å². The predicted octanol–water partition coefficient (Wildman–Crippen LogP) is 2.97. The Hall–Kier alpha value is -3.89. The van der Waals surface area contributed by atoms with Gasteiger partial charge in [0.25, 0.3) is 0 Å². The number of nitro groups is 1. The van der Waals surface area contributed by atoms with Crippen LogP contribution in [-0.4, -0.2) is 71.7 Å². The number of aromatic amines is 1. The second-order valence-corrected chi connectivity index (χ2v) is 8.83. The summed E-state index contributed by atoms with van der Waals surface area (Å²) in [5.41, 5.74) is 2.18. The molecule has 0 atom stereocenters. The molecule has 184 valence electrons. The number of anilines is 3. The van der Waals surface area contributed by atoms with Gasteiger partial charge in [-0.25, -0.2) is 9.97 Å². The van der Waals surface area contributed by atoms with Crippen LogP contribution >= 0.6 is 0 Å². The Morgan fingerprint density at radius 1 is 1.06 bits per heavy atom. The van der Waals surface area contributed by atoms with E-state index in [-0.39, 0.29) is 22.5 Å². The molecule has 0 saturated carbocycles. The third kappa shape index (κ3) is 4.45. The summed E-state index contributed by atoms with van der Waals surface area (Å²) in [6.45, 7) is 5.85. The van der Waals surface area contributed by atoms with Gasteiger partial charge < -0.3 is 24.4 Å². The van der Waals surface area contributed by atoms with Crippen molar-refractivity contribution in [3.63, 3.8) is 0 Å². The molecule has 1 aromatic carbocycles. The topological polar surface area (TPSA) is 121 Å². The van der Waals surface area contributed by atoms with Gasteiger partial charge in [-0.2, -0.15) is 0 Å². The molecular formula is C24H29N7O4. The molecule has 0 radical (unpaired) electrons. The van der Waals surface area contributed by atoms with Gasteiger partial charge >= 0.3 is 11.7 Å². The zero-order chi connectivity index (χ0) is 24.4. The summed E-state index contributed by atoms with van der Waals surface area (Å²) in [4.78, 5) is 41.9. The van der Waals surface area contributed by atoms with Gasteiger partial charge in [-0.3, -0.25) is 14.9 Å². The molecule has 2 fully saturated rings. The minimum Gasteiger partial charge on any atom is -0.466 e. The Bertz CT molecular complexity index is 1210. The first-order valence-corrected chi connectivity index (χ1v) is 12.0. The molecule has 0 unspecified atom stereocenters. The lowest BCUT2D eigenvalue weighted by Gasteiger charge is -2.37. The Morgan fingerprint density at radius 3 is 2.37 bits per heavy atom. The molecule has 3 aromatic rings. The second-order valence-electron chi connectivity index (χ2n) is 8.83. The Morgan fingerprint density at radius 2 is 1.71 bits per heavy atom. The van der Waals surface area contributed by atoms with Crippen LogP contribution in [0.2, 0.25) is 0 Å².